The number of fused-ring (bicyclic) bond motifs is 1. The minimum atomic E-state index is -0.449. The zero-order valence-corrected chi connectivity index (χ0v) is 18.4. The first kappa shape index (κ1) is 21.2. The summed E-state index contributed by atoms with van der Waals surface area (Å²) in [6.45, 7) is 2.20. The van der Waals surface area contributed by atoms with E-state index >= 15 is 0 Å². The Hall–Kier alpha value is -2.05. The topological polar surface area (TPSA) is 49.4 Å². The minimum absolute atomic E-state index is 0.0304. The number of hydrogen-bond acceptors (Lipinski definition) is 3. The van der Waals surface area contributed by atoms with Crippen LogP contribution in [0.4, 0.5) is 10.1 Å². The molecule has 0 unspecified atom stereocenters. The first-order valence-electron chi connectivity index (χ1n) is 10.2. The second kappa shape index (κ2) is 8.98. The third-order valence-corrected chi connectivity index (χ3v) is 7.37. The van der Waals surface area contributed by atoms with Gasteiger partial charge in [0.15, 0.2) is 0 Å². The first-order chi connectivity index (χ1) is 14.4. The Bertz CT molecular complexity index is 963. The number of carbonyl (C=O) groups is 2. The molecule has 0 bridgehead atoms. The van der Waals surface area contributed by atoms with Gasteiger partial charge in [0.25, 0.3) is 5.91 Å². The number of thioether (sulfide) groups is 1. The van der Waals surface area contributed by atoms with Crippen LogP contribution in [0.1, 0.15) is 48.5 Å². The van der Waals surface area contributed by atoms with Gasteiger partial charge in [-0.3, -0.25) is 9.59 Å². The van der Waals surface area contributed by atoms with E-state index in [1.807, 2.05) is 6.07 Å². The fourth-order valence-electron chi connectivity index (χ4n) is 4.14. The van der Waals surface area contributed by atoms with E-state index in [1.165, 1.54) is 35.2 Å². The molecule has 2 amide bonds. The number of rotatable bonds is 4. The van der Waals surface area contributed by atoms with Crippen molar-refractivity contribution >= 4 is 40.9 Å². The lowest BCUT2D eigenvalue weighted by Gasteiger charge is -2.31. The fourth-order valence-corrected chi connectivity index (χ4v) is 5.28. The van der Waals surface area contributed by atoms with Gasteiger partial charge >= 0.3 is 0 Å². The molecular weight excluding hydrogens is 423 g/mol. The lowest BCUT2D eigenvalue weighted by atomic mass is 9.86. The van der Waals surface area contributed by atoms with Crippen molar-refractivity contribution in [1.82, 2.24) is 5.32 Å². The van der Waals surface area contributed by atoms with Crippen molar-refractivity contribution in [2.45, 2.75) is 50.1 Å². The van der Waals surface area contributed by atoms with E-state index in [-0.39, 0.29) is 40.7 Å². The Kier molecular flexibility index (Phi) is 6.34. The van der Waals surface area contributed by atoms with Crippen LogP contribution in [0, 0.1) is 11.7 Å². The van der Waals surface area contributed by atoms with Gasteiger partial charge < -0.3 is 10.2 Å². The van der Waals surface area contributed by atoms with Gasteiger partial charge in [-0.2, -0.15) is 0 Å². The fraction of sp³-hybridized carbons (Fsp3) is 0.391. The van der Waals surface area contributed by atoms with Gasteiger partial charge in [0, 0.05) is 27.1 Å². The van der Waals surface area contributed by atoms with Crippen molar-refractivity contribution in [2.24, 2.45) is 5.92 Å². The van der Waals surface area contributed by atoms with Crippen LogP contribution in [0.15, 0.2) is 41.3 Å². The third kappa shape index (κ3) is 4.35. The maximum atomic E-state index is 14.3. The van der Waals surface area contributed by atoms with Crippen molar-refractivity contribution in [2.75, 3.05) is 10.7 Å². The van der Waals surface area contributed by atoms with Crippen molar-refractivity contribution in [3.8, 4) is 0 Å². The van der Waals surface area contributed by atoms with Crippen LogP contribution in [-0.4, -0.2) is 23.6 Å². The summed E-state index contributed by atoms with van der Waals surface area (Å²) in [6.07, 6.45) is 4.45. The standard InChI is InChI=1S/C23H24ClFN2O2S/c1-14-5-2-3-8-19(14)26-23(29)15-9-10-21-20(11-15)27(22(28)13-30-21)12-16-17(24)6-4-7-18(16)25/h4,6-7,9-11,14,19H,2-3,5,8,12-13H2,1H3,(H,26,29)/t14-,19+/m1/s1. The van der Waals surface area contributed by atoms with Crippen molar-refractivity contribution in [1.29, 1.82) is 0 Å². The second-order valence-corrected chi connectivity index (χ2v) is 9.42. The summed E-state index contributed by atoms with van der Waals surface area (Å²) in [5.41, 5.74) is 1.41. The van der Waals surface area contributed by atoms with Crippen LogP contribution in [0.5, 0.6) is 0 Å². The highest BCUT2D eigenvalue weighted by Crippen LogP contribution is 2.38. The quantitative estimate of drug-likeness (QED) is 0.681. The van der Waals surface area contributed by atoms with Gasteiger partial charge in [-0.1, -0.05) is 37.4 Å². The highest BCUT2D eigenvalue weighted by atomic mass is 35.5. The van der Waals surface area contributed by atoms with Crippen LogP contribution >= 0.6 is 23.4 Å². The van der Waals surface area contributed by atoms with Crippen molar-refractivity contribution < 1.29 is 14.0 Å². The number of carbonyl (C=O) groups excluding carboxylic acids is 2. The summed E-state index contributed by atoms with van der Waals surface area (Å²) in [5, 5.41) is 3.44. The molecule has 1 fully saturated rings. The van der Waals surface area contributed by atoms with Gasteiger partial charge in [-0.25, -0.2) is 4.39 Å². The van der Waals surface area contributed by atoms with Crippen LogP contribution in [0.25, 0.3) is 0 Å². The van der Waals surface area contributed by atoms with Crippen LogP contribution in [0.3, 0.4) is 0 Å². The average Bonchev–Trinajstić information content (AvgIpc) is 2.73. The molecule has 1 heterocycles. The van der Waals surface area contributed by atoms with E-state index < -0.39 is 5.82 Å². The molecule has 2 aromatic carbocycles. The smallest absolute Gasteiger partial charge is 0.251 e. The molecule has 4 nitrogen and oxygen atoms in total. The summed E-state index contributed by atoms with van der Waals surface area (Å²) >= 11 is 7.61. The highest BCUT2D eigenvalue weighted by molar-refractivity contribution is 8.00. The number of benzene rings is 2. The van der Waals surface area contributed by atoms with Gasteiger partial charge in [0.05, 0.1) is 18.0 Å². The van der Waals surface area contributed by atoms with E-state index in [0.29, 0.717) is 17.2 Å². The molecule has 0 spiro atoms. The molecule has 7 heteroatoms. The molecule has 2 aromatic rings. The summed E-state index contributed by atoms with van der Waals surface area (Å²) < 4.78 is 14.3. The lowest BCUT2D eigenvalue weighted by Crippen LogP contribution is -2.41. The molecule has 30 heavy (non-hydrogen) atoms. The molecule has 158 valence electrons. The molecule has 4 rings (SSSR count). The maximum absolute atomic E-state index is 14.3. The molecule has 2 atom stereocenters. The number of halogens is 2. The molecule has 0 saturated heterocycles. The van der Waals surface area contributed by atoms with Crippen LogP contribution in [-0.2, 0) is 11.3 Å². The minimum Gasteiger partial charge on any atom is -0.349 e. The summed E-state index contributed by atoms with van der Waals surface area (Å²) in [4.78, 5) is 28.0. The summed E-state index contributed by atoms with van der Waals surface area (Å²) in [5.74, 6) is 0.00523. The molecule has 0 radical (unpaired) electrons. The lowest BCUT2D eigenvalue weighted by molar-refractivity contribution is -0.116. The molecular formula is C23H24ClFN2O2S. The Morgan fingerprint density at radius 1 is 1.27 bits per heavy atom. The molecule has 0 aromatic heterocycles. The number of amides is 2. The largest absolute Gasteiger partial charge is 0.349 e. The normalized spacial score (nSPS) is 21.3. The third-order valence-electron chi connectivity index (χ3n) is 5.97. The zero-order valence-electron chi connectivity index (χ0n) is 16.8. The van der Waals surface area contributed by atoms with Gasteiger partial charge in [-0.15, -0.1) is 11.8 Å². The van der Waals surface area contributed by atoms with Gasteiger partial charge in [-0.05, 0) is 49.1 Å². The first-order valence-corrected chi connectivity index (χ1v) is 11.6. The average molecular weight is 447 g/mol. The zero-order chi connectivity index (χ0) is 21.3. The number of nitrogens with one attached hydrogen (secondary N) is 1. The van der Waals surface area contributed by atoms with Gasteiger partial charge in [0.2, 0.25) is 5.91 Å². The van der Waals surface area contributed by atoms with Crippen LogP contribution in [0.2, 0.25) is 5.02 Å². The molecule has 1 saturated carbocycles. The van der Waals surface area contributed by atoms with E-state index in [1.54, 1.807) is 18.2 Å². The predicted octanol–water partition coefficient (Wildman–Crippen LogP) is 5.43. The van der Waals surface area contributed by atoms with Crippen molar-refractivity contribution in [3.63, 3.8) is 0 Å². The molecule has 1 N–H and O–H groups in total. The maximum Gasteiger partial charge on any atom is 0.251 e. The molecule has 1 aliphatic heterocycles. The van der Waals surface area contributed by atoms with Gasteiger partial charge in [0.1, 0.15) is 5.82 Å². The Morgan fingerprint density at radius 2 is 2.07 bits per heavy atom. The number of nitrogens with zero attached hydrogens (tertiary/aromatic N) is 1. The summed E-state index contributed by atoms with van der Waals surface area (Å²) in [7, 11) is 0. The van der Waals surface area contributed by atoms with E-state index in [2.05, 4.69) is 12.2 Å². The monoisotopic (exact) mass is 446 g/mol. The van der Waals surface area contributed by atoms with E-state index in [9.17, 15) is 14.0 Å². The molecule has 2 aliphatic rings. The van der Waals surface area contributed by atoms with E-state index in [0.717, 1.165) is 24.2 Å². The second-order valence-electron chi connectivity index (χ2n) is 7.99. The number of hydrogen-bond donors (Lipinski definition) is 1. The number of anilines is 1. The Labute approximate surface area is 185 Å². The van der Waals surface area contributed by atoms with E-state index in [4.69, 9.17) is 11.6 Å². The predicted molar refractivity (Wildman–Crippen MR) is 119 cm³/mol. The van der Waals surface area contributed by atoms with Crippen molar-refractivity contribution in [3.05, 3.63) is 58.4 Å². The summed E-state index contributed by atoms with van der Waals surface area (Å²) in [6, 6.07) is 10.0. The molecule has 1 aliphatic carbocycles. The SMILES string of the molecule is C[C@@H]1CCCC[C@@H]1NC(=O)c1ccc2c(c1)N(Cc1c(F)cccc1Cl)C(=O)CS2. The highest BCUT2D eigenvalue weighted by Gasteiger charge is 2.28. The Balaban J connectivity index is 1.60. The van der Waals surface area contributed by atoms with Crippen LogP contribution < -0.4 is 10.2 Å². The Morgan fingerprint density at radius 3 is 2.83 bits per heavy atom.